The van der Waals surface area contributed by atoms with Gasteiger partial charge in [0.05, 0.1) is 13.2 Å². The van der Waals surface area contributed by atoms with E-state index in [2.05, 4.69) is 5.32 Å². The smallest absolute Gasteiger partial charge is 0.395 e. The van der Waals surface area contributed by atoms with Crippen LogP contribution in [0.5, 0.6) is 0 Å². The van der Waals surface area contributed by atoms with E-state index in [-0.39, 0.29) is 12.5 Å². The standard InChI is InChI=1S/C10H16F3NO/c11-10(12,13)7-14-9(6-15)8-4-2-1-3-5-8/h1-2,8-9,14-15H,3-7H2. The van der Waals surface area contributed by atoms with Gasteiger partial charge in [-0.25, -0.2) is 0 Å². The van der Waals surface area contributed by atoms with Crippen molar-refractivity contribution >= 4 is 0 Å². The number of aliphatic hydroxyl groups is 1. The summed E-state index contributed by atoms with van der Waals surface area (Å²) in [5.41, 5.74) is 0. The van der Waals surface area contributed by atoms with E-state index in [4.69, 9.17) is 5.11 Å². The van der Waals surface area contributed by atoms with Crippen LogP contribution in [0.1, 0.15) is 19.3 Å². The first-order chi connectivity index (χ1) is 7.03. The van der Waals surface area contributed by atoms with Gasteiger partial charge in [-0.05, 0) is 25.2 Å². The maximum Gasteiger partial charge on any atom is 0.401 e. The average Bonchev–Trinajstić information content (AvgIpc) is 2.19. The number of halogens is 3. The molecule has 2 atom stereocenters. The Morgan fingerprint density at radius 3 is 2.60 bits per heavy atom. The summed E-state index contributed by atoms with van der Waals surface area (Å²) in [6, 6.07) is -0.448. The minimum atomic E-state index is -4.21. The van der Waals surface area contributed by atoms with Gasteiger partial charge in [0.2, 0.25) is 0 Å². The number of allylic oxidation sites excluding steroid dienone is 2. The van der Waals surface area contributed by atoms with Crippen molar-refractivity contribution in [2.75, 3.05) is 13.2 Å². The lowest BCUT2D eigenvalue weighted by molar-refractivity contribution is -0.127. The SMILES string of the molecule is OCC(NCC(F)(F)F)C1CC=CCC1. The molecule has 5 heteroatoms. The Kier molecular flexibility index (Phi) is 4.60. The average molecular weight is 223 g/mol. The maximum atomic E-state index is 12.0. The molecule has 1 aliphatic rings. The Morgan fingerprint density at radius 2 is 2.13 bits per heavy atom. The molecule has 1 aliphatic carbocycles. The van der Waals surface area contributed by atoms with E-state index in [0.717, 1.165) is 19.3 Å². The predicted molar refractivity (Wildman–Crippen MR) is 51.4 cm³/mol. The van der Waals surface area contributed by atoms with Gasteiger partial charge in [0.25, 0.3) is 0 Å². The van der Waals surface area contributed by atoms with Gasteiger partial charge in [0.15, 0.2) is 0 Å². The van der Waals surface area contributed by atoms with E-state index in [1.165, 1.54) is 0 Å². The van der Waals surface area contributed by atoms with E-state index in [1.54, 1.807) is 0 Å². The summed E-state index contributed by atoms with van der Waals surface area (Å²) < 4.78 is 35.9. The molecule has 1 rings (SSSR count). The number of aliphatic hydroxyl groups excluding tert-OH is 1. The zero-order valence-electron chi connectivity index (χ0n) is 8.43. The van der Waals surface area contributed by atoms with Crippen molar-refractivity contribution in [1.29, 1.82) is 0 Å². The highest BCUT2D eigenvalue weighted by Crippen LogP contribution is 2.22. The first kappa shape index (κ1) is 12.5. The number of hydrogen-bond acceptors (Lipinski definition) is 2. The molecule has 88 valence electrons. The molecule has 0 aliphatic heterocycles. The third-order valence-corrected chi connectivity index (χ3v) is 2.64. The first-order valence-electron chi connectivity index (χ1n) is 5.09. The van der Waals surface area contributed by atoms with Crippen molar-refractivity contribution in [2.45, 2.75) is 31.5 Å². The van der Waals surface area contributed by atoms with Crippen LogP contribution in [0.25, 0.3) is 0 Å². The van der Waals surface area contributed by atoms with Crippen LogP contribution in [0.4, 0.5) is 13.2 Å². The molecule has 2 unspecified atom stereocenters. The first-order valence-corrected chi connectivity index (χ1v) is 5.09. The van der Waals surface area contributed by atoms with Crippen molar-refractivity contribution < 1.29 is 18.3 Å². The van der Waals surface area contributed by atoms with Crippen molar-refractivity contribution in [3.63, 3.8) is 0 Å². The zero-order chi connectivity index (χ0) is 11.3. The fourth-order valence-corrected chi connectivity index (χ4v) is 1.81. The number of nitrogens with one attached hydrogen (secondary N) is 1. The van der Waals surface area contributed by atoms with Crippen molar-refractivity contribution in [3.05, 3.63) is 12.2 Å². The summed E-state index contributed by atoms with van der Waals surface area (Å²) in [5, 5.41) is 11.4. The lowest BCUT2D eigenvalue weighted by Crippen LogP contribution is -2.44. The fourth-order valence-electron chi connectivity index (χ4n) is 1.81. The van der Waals surface area contributed by atoms with Crippen LogP contribution in [0.15, 0.2) is 12.2 Å². The van der Waals surface area contributed by atoms with Gasteiger partial charge in [0.1, 0.15) is 0 Å². The van der Waals surface area contributed by atoms with Crippen LogP contribution in [-0.2, 0) is 0 Å². The summed E-state index contributed by atoms with van der Waals surface area (Å²) in [7, 11) is 0. The Bertz CT molecular complexity index is 215. The van der Waals surface area contributed by atoms with Gasteiger partial charge < -0.3 is 10.4 Å². The van der Waals surface area contributed by atoms with Crippen LogP contribution < -0.4 is 5.32 Å². The Balaban J connectivity index is 2.38. The molecule has 0 spiro atoms. The molecule has 0 fully saturated rings. The van der Waals surface area contributed by atoms with Crippen LogP contribution in [0.3, 0.4) is 0 Å². The summed E-state index contributed by atoms with van der Waals surface area (Å²) in [5.74, 6) is 0.113. The predicted octanol–water partition coefficient (Wildman–Crippen LogP) is 1.86. The topological polar surface area (TPSA) is 32.3 Å². The zero-order valence-corrected chi connectivity index (χ0v) is 8.43. The summed E-state index contributed by atoms with van der Waals surface area (Å²) in [4.78, 5) is 0. The molecular weight excluding hydrogens is 207 g/mol. The summed E-state index contributed by atoms with van der Waals surface area (Å²) in [6.07, 6.45) is 2.25. The Hall–Kier alpha value is -0.550. The molecule has 0 heterocycles. The van der Waals surface area contributed by atoms with Gasteiger partial charge in [-0.2, -0.15) is 13.2 Å². The third-order valence-electron chi connectivity index (χ3n) is 2.64. The molecule has 0 aromatic rings. The number of hydrogen-bond donors (Lipinski definition) is 2. The van der Waals surface area contributed by atoms with Gasteiger partial charge in [-0.3, -0.25) is 0 Å². The second-order valence-corrected chi connectivity index (χ2v) is 3.83. The highest BCUT2D eigenvalue weighted by Gasteiger charge is 2.30. The van der Waals surface area contributed by atoms with Crippen LogP contribution in [-0.4, -0.2) is 30.5 Å². The van der Waals surface area contributed by atoms with E-state index in [9.17, 15) is 13.2 Å². The Morgan fingerprint density at radius 1 is 1.40 bits per heavy atom. The van der Waals surface area contributed by atoms with Gasteiger partial charge in [-0.1, -0.05) is 12.2 Å². The second kappa shape index (κ2) is 5.51. The molecule has 0 radical (unpaired) electrons. The monoisotopic (exact) mass is 223 g/mol. The maximum absolute atomic E-state index is 12.0. The van der Waals surface area contributed by atoms with Crippen molar-refractivity contribution in [1.82, 2.24) is 5.32 Å². The quantitative estimate of drug-likeness (QED) is 0.713. The third kappa shape index (κ3) is 4.66. The lowest BCUT2D eigenvalue weighted by Gasteiger charge is -2.27. The molecule has 0 amide bonds. The number of rotatable bonds is 4. The molecule has 0 aromatic heterocycles. The van der Waals surface area contributed by atoms with Crippen LogP contribution in [0, 0.1) is 5.92 Å². The van der Waals surface area contributed by atoms with E-state index < -0.39 is 18.8 Å². The number of alkyl halides is 3. The molecule has 0 saturated carbocycles. The van der Waals surface area contributed by atoms with Gasteiger partial charge in [-0.15, -0.1) is 0 Å². The summed E-state index contributed by atoms with van der Waals surface area (Å²) in [6.45, 7) is -1.27. The molecule has 0 bridgehead atoms. The fraction of sp³-hybridized carbons (Fsp3) is 0.800. The van der Waals surface area contributed by atoms with Gasteiger partial charge >= 0.3 is 6.18 Å². The normalized spacial score (nSPS) is 24.1. The molecule has 2 nitrogen and oxygen atoms in total. The van der Waals surface area contributed by atoms with E-state index in [1.807, 2.05) is 12.2 Å². The highest BCUT2D eigenvalue weighted by atomic mass is 19.4. The minimum absolute atomic E-state index is 0.113. The van der Waals surface area contributed by atoms with Crippen LogP contribution in [0.2, 0.25) is 0 Å². The second-order valence-electron chi connectivity index (χ2n) is 3.83. The Labute approximate surface area is 87.2 Å². The van der Waals surface area contributed by atoms with Crippen molar-refractivity contribution in [2.24, 2.45) is 5.92 Å². The van der Waals surface area contributed by atoms with Crippen LogP contribution >= 0.6 is 0 Å². The van der Waals surface area contributed by atoms with Gasteiger partial charge in [0, 0.05) is 6.04 Å². The highest BCUT2D eigenvalue weighted by molar-refractivity contribution is 4.94. The largest absolute Gasteiger partial charge is 0.401 e. The molecular formula is C10H16F3NO. The molecule has 0 aromatic carbocycles. The van der Waals surface area contributed by atoms with E-state index in [0.29, 0.717) is 0 Å². The summed E-state index contributed by atoms with van der Waals surface area (Å²) >= 11 is 0. The lowest BCUT2D eigenvalue weighted by atomic mass is 9.88. The van der Waals surface area contributed by atoms with Crippen molar-refractivity contribution in [3.8, 4) is 0 Å². The van der Waals surface area contributed by atoms with E-state index >= 15 is 0 Å². The molecule has 0 saturated heterocycles. The minimum Gasteiger partial charge on any atom is -0.395 e. The molecule has 15 heavy (non-hydrogen) atoms. The molecule has 2 N–H and O–H groups in total.